The van der Waals surface area contributed by atoms with Crippen molar-refractivity contribution in [1.82, 2.24) is 0 Å². The van der Waals surface area contributed by atoms with Gasteiger partial charge in [0.1, 0.15) is 6.10 Å². The second kappa shape index (κ2) is 4.53. The number of ether oxygens (including phenoxy) is 1. The third-order valence-electron chi connectivity index (χ3n) is 4.83. The minimum atomic E-state index is -0.774. The van der Waals surface area contributed by atoms with Gasteiger partial charge in [-0.3, -0.25) is 4.79 Å². The van der Waals surface area contributed by atoms with Crippen LogP contribution in [-0.4, -0.2) is 40.8 Å². The predicted octanol–water partition coefficient (Wildman–Crippen LogP) is 0.363. The van der Waals surface area contributed by atoms with Gasteiger partial charge >= 0.3 is 5.97 Å². The van der Waals surface area contributed by atoms with Crippen LogP contribution in [0.15, 0.2) is 23.3 Å². The fourth-order valence-electron chi connectivity index (χ4n) is 3.94. The molecule has 1 heterocycles. The first-order valence-electron chi connectivity index (χ1n) is 6.87. The standard InChI is InChI=1S/C15H18O5/c1-6-3-9(17)12-7(2)15(19)20-14(12)13-8(5-16)4-10(18)11(6)13/h8-9,12-14,16-17H,2-5H2,1H3/t8?,9-,12+,13-,14-/m0/s1. The van der Waals surface area contributed by atoms with E-state index in [1.807, 2.05) is 6.92 Å². The van der Waals surface area contributed by atoms with Gasteiger partial charge in [-0.25, -0.2) is 4.79 Å². The lowest BCUT2D eigenvalue weighted by atomic mass is 9.80. The molecule has 1 saturated heterocycles. The lowest BCUT2D eigenvalue weighted by molar-refractivity contribution is -0.142. The Hall–Kier alpha value is -1.46. The zero-order chi connectivity index (χ0) is 14.6. The van der Waals surface area contributed by atoms with E-state index < -0.39 is 24.1 Å². The van der Waals surface area contributed by atoms with Crippen LogP contribution >= 0.6 is 0 Å². The van der Waals surface area contributed by atoms with Crippen molar-refractivity contribution in [3.8, 4) is 0 Å². The summed E-state index contributed by atoms with van der Waals surface area (Å²) in [6.45, 7) is 5.42. The van der Waals surface area contributed by atoms with Crippen molar-refractivity contribution < 1.29 is 24.5 Å². The summed E-state index contributed by atoms with van der Waals surface area (Å²) in [5, 5.41) is 19.8. The summed E-state index contributed by atoms with van der Waals surface area (Å²) >= 11 is 0. The number of carbonyl (C=O) groups excluding carboxylic acids is 2. The molecule has 2 aliphatic carbocycles. The van der Waals surface area contributed by atoms with Crippen LogP contribution in [0.3, 0.4) is 0 Å². The smallest absolute Gasteiger partial charge is 0.334 e. The lowest BCUT2D eigenvalue weighted by Crippen LogP contribution is -2.35. The molecule has 2 N–H and O–H groups in total. The Balaban J connectivity index is 2.11. The van der Waals surface area contributed by atoms with Crippen LogP contribution in [0.2, 0.25) is 0 Å². The summed E-state index contributed by atoms with van der Waals surface area (Å²) in [6, 6.07) is 0. The zero-order valence-electron chi connectivity index (χ0n) is 11.3. The van der Waals surface area contributed by atoms with Gasteiger partial charge in [-0.15, -0.1) is 0 Å². The number of aliphatic hydroxyl groups is 2. The van der Waals surface area contributed by atoms with Crippen LogP contribution in [0.25, 0.3) is 0 Å². The monoisotopic (exact) mass is 278 g/mol. The Morgan fingerprint density at radius 3 is 2.65 bits per heavy atom. The normalized spacial score (nSPS) is 40.5. The van der Waals surface area contributed by atoms with Crippen LogP contribution in [0.5, 0.6) is 0 Å². The molecule has 1 saturated carbocycles. The van der Waals surface area contributed by atoms with E-state index in [9.17, 15) is 19.8 Å². The molecule has 2 fully saturated rings. The molecule has 20 heavy (non-hydrogen) atoms. The second-order valence-corrected chi connectivity index (χ2v) is 5.98. The van der Waals surface area contributed by atoms with Crippen LogP contribution in [0, 0.1) is 17.8 Å². The molecule has 0 spiro atoms. The van der Waals surface area contributed by atoms with Crippen molar-refractivity contribution in [2.75, 3.05) is 6.61 Å². The van der Waals surface area contributed by atoms with Gasteiger partial charge in [0.15, 0.2) is 5.78 Å². The maximum absolute atomic E-state index is 12.2. The summed E-state index contributed by atoms with van der Waals surface area (Å²) in [6.07, 6.45) is -0.741. The molecular weight excluding hydrogens is 260 g/mol. The topological polar surface area (TPSA) is 83.8 Å². The quantitative estimate of drug-likeness (QED) is 0.534. The molecule has 5 atom stereocenters. The van der Waals surface area contributed by atoms with Gasteiger partial charge in [0.2, 0.25) is 0 Å². The van der Waals surface area contributed by atoms with Gasteiger partial charge in [-0.2, -0.15) is 0 Å². The first-order chi connectivity index (χ1) is 9.45. The number of aliphatic hydroxyl groups excluding tert-OH is 2. The van der Waals surface area contributed by atoms with E-state index in [0.717, 1.165) is 5.57 Å². The van der Waals surface area contributed by atoms with E-state index in [-0.39, 0.29) is 36.2 Å². The van der Waals surface area contributed by atoms with Gasteiger partial charge in [-0.05, 0) is 19.3 Å². The van der Waals surface area contributed by atoms with Crippen LogP contribution in [0.1, 0.15) is 19.8 Å². The van der Waals surface area contributed by atoms with E-state index in [1.54, 1.807) is 0 Å². The fraction of sp³-hybridized carbons (Fsp3) is 0.600. The second-order valence-electron chi connectivity index (χ2n) is 5.98. The summed E-state index contributed by atoms with van der Waals surface area (Å²) in [5.74, 6) is -1.57. The van der Waals surface area contributed by atoms with E-state index in [2.05, 4.69) is 6.58 Å². The third kappa shape index (κ3) is 1.70. The van der Waals surface area contributed by atoms with Crippen molar-refractivity contribution >= 4 is 11.8 Å². The summed E-state index contributed by atoms with van der Waals surface area (Å²) < 4.78 is 5.37. The van der Waals surface area contributed by atoms with Crippen molar-refractivity contribution in [2.45, 2.75) is 32.0 Å². The molecule has 5 nitrogen and oxygen atoms in total. The maximum atomic E-state index is 12.2. The average Bonchev–Trinajstić information content (AvgIpc) is 2.83. The Morgan fingerprint density at radius 2 is 2.00 bits per heavy atom. The number of rotatable bonds is 1. The van der Waals surface area contributed by atoms with E-state index >= 15 is 0 Å². The highest BCUT2D eigenvalue weighted by Gasteiger charge is 2.55. The van der Waals surface area contributed by atoms with Crippen LogP contribution in [-0.2, 0) is 14.3 Å². The molecular formula is C15H18O5. The average molecular weight is 278 g/mol. The van der Waals surface area contributed by atoms with Crippen molar-refractivity contribution in [3.63, 3.8) is 0 Å². The SMILES string of the molecule is C=C1C(=O)O[C@H]2[C@H]1[C@@H](O)CC(C)=C1C(=O)CC(CO)[C@@H]12. The number of hydrogen-bond donors (Lipinski definition) is 2. The minimum Gasteiger partial charge on any atom is -0.458 e. The van der Waals surface area contributed by atoms with Gasteiger partial charge in [0.05, 0.1) is 12.0 Å². The maximum Gasteiger partial charge on any atom is 0.334 e. The molecule has 0 aromatic carbocycles. The molecule has 1 unspecified atom stereocenters. The van der Waals surface area contributed by atoms with Crippen molar-refractivity contribution in [3.05, 3.63) is 23.3 Å². The first-order valence-corrected chi connectivity index (χ1v) is 6.87. The predicted molar refractivity (Wildman–Crippen MR) is 69.5 cm³/mol. The number of carbonyl (C=O) groups is 2. The molecule has 0 aromatic heterocycles. The van der Waals surface area contributed by atoms with E-state index in [1.165, 1.54) is 0 Å². The van der Waals surface area contributed by atoms with E-state index in [0.29, 0.717) is 12.0 Å². The number of ketones is 1. The fourth-order valence-corrected chi connectivity index (χ4v) is 3.94. The molecule has 0 amide bonds. The molecule has 0 radical (unpaired) electrons. The third-order valence-corrected chi connectivity index (χ3v) is 4.83. The molecule has 3 rings (SSSR count). The van der Waals surface area contributed by atoms with Crippen molar-refractivity contribution in [1.29, 1.82) is 0 Å². The molecule has 3 aliphatic rings. The minimum absolute atomic E-state index is 0.00652. The number of Topliss-reactive ketones (excluding diaryl/α,β-unsaturated/α-hetero) is 1. The van der Waals surface area contributed by atoms with Gasteiger partial charge in [0.25, 0.3) is 0 Å². The van der Waals surface area contributed by atoms with Gasteiger partial charge in [-0.1, -0.05) is 12.2 Å². The molecule has 0 aromatic rings. The van der Waals surface area contributed by atoms with Crippen LogP contribution < -0.4 is 0 Å². The largest absolute Gasteiger partial charge is 0.458 e. The highest BCUT2D eigenvalue weighted by atomic mass is 16.6. The van der Waals surface area contributed by atoms with Gasteiger partial charge in [0, 0.05) is 30.1 Å². The summed E-state index contributed by atoms with van der Waals surface area (Å²) in [5.41, 5.74) is 1.74. The molecule has 0 bridgehead atoms. The highest BCUT2D eigenvalue weighted by Crippen LogP contribution is 2.49. The first kappa shape index (κ1) is 13.5. The Morgan fingerprint density at radius 1 is 1.30 bits per heavy atom. The Kier molecular flexibility index (Phi) is 3.06. The Labute approximate surface area is 116 Å². The van der Waals surface area contributed by atoms with E-state index in [4.69, 9.17) is 4.74 Å². The lowest BCUT2D eigenvalue weighted by Gasteiger charge is -2.27. The highest BCUT2D eigenvalue weighted by molar-refractivity contribution is 6.00. The molecule has 1 aliphatic heterocycles. The Bertz CT molecular complexity index is 532. The van der Waals surface area contributed by atoms with Gasteiger partial charge < -0.3 is 14.9 Å². The number of fused-ring (bicyclic) bond motifs is 3. The summed E-state index contributed by atoms with van der Waals surface area (Å²) in [4.78, 5) is 23.9. The van der Waals surface area contributed by atoms with Crippen LogP contribution in [0.4, 0.5) is 0 Å². The zero-order valence-corrected chi connectivity index (χ0v) is 11.3. The number of hydrogen-bond acceptors (Lipinski definition) is 5. The van der Waals surface area contributed by atoms with Crippen molar-refractivity contribution in [2.24, 2.45) is 17.8 Å². The molecule has 108 valence electrons. The summed E-state index contributed by atoms with van der Waals surface area (Å²) in [7, 11) is 0. The molecule has 5 heteroatoms. The number of esters is 1.